The maximum Gasteiger partial charge on any atom is 0.311 e. The number of carbonyl (C=O) groups excluding carboxylic acids is 1. The van der Waals surface area contributed by atoms with E-state index in [0.717, 1.165) is 12.1 Å². The van der Waals surface area contributed by atoms with Crippen LogP contribution in [0, 0.1) is 11.2 Å². The van der Waals surface area contributed by atoms with E-state index in [2.05, 4.69) is 5.32 Å². The van der Waals surface area contributed by atoms with Crippen molar-refractivity contribution in [2.75, 3.05) is 6.54 Å². The van der Waals surface area contributed by atoms with E-state index >= 15 is 0 Å². The highest BCUT2D eigenvalue weighted by atomic mass is 19.1. The Morgan fingerprint density at radius 1 is 1.39 bits per heavy atom. The normalized spacial score (nSPS) is 16.1. The van der Waals surface area contributed by atoms with Crippen molar-refractivity contribution in [2.24, 2.45) is 5.41 Å². The van der Waals surface area contributed by atoms with Gasteiger partial charge in [0.15, 0.2) is 0 Å². The minimum absolute atomic E-state index is 0.0124. The number of phenols is 1. The van der Waals surface area contributed by atoms with E-state index < -0.39 is 23.1 Å². The van der Waals surface area contributed by atoms with Crippen LogP contribution in [-0.4, -0.2) is 28.6 Å². The Balaban J connectivity index is 2.02. The molecule has 2 rings (SSSR count). The zero-order valence-corrected chi connectivity index (χ0v) is 9.44. The summed E-state index contributed by atoms with van der Waals surface area (Å²) in [7, 11) is 0. The van der Waals surface area contributed by atoms with E-state index in [9.17, 15) is 14.0 Å². The van der Waals surface area contributed by atoms with Crippen LogP contribution >= 0.6 is 0 Å². The van der Waals surface area contributed by atoms with Gasteiger partial charge in [0.1, 0.15) is 11.6 Å². The number of amides is 1. The first kappa shape index (κ1) is 12.3. The Labute approximate surface area is 102 Å². The number of rotatable bonds is 4. The SMILES string of the molecule is O=C(NCC1(C(=O)O)CC1)c1ccc(O)cc1F. The monoisotopic (exact) mass is 253 g/mol. The van der Waals surface area contributed by atoms with Gasteiger partial charge in [0.25, 0.3) is 5.91 Å². The molecule has 1 fully saturated rings. The number of nitrogens with one attached hydrogen (secondary N) is 1. The maximum absolute atomic E-state index is 13.4. The molecule has 1 aliphatic carbocycles. The number of carbonyl (C=O) groups is 2. The summed E-state index contributed by atoms with van der Waals surface area (Å²) in [6.45, 7) is -0.0124. The number of halogens is 1. The van der Waals surface area contributed by atoms with E-state index in [-0.39, 0.29) is 17.9 Å². The van der Waals surface area contributed by atoms with Crippen molar-refractivity contribution in [3.63, 3.8) is 0 Å². The molecular formula is C12H12FNO4. The molecule has 0 radical (unpaired) electrons. The zero-order valence-electron chi connectivity index (χ0n) is 9.44. The molecule has 1 aliphatic rings. The molecule has 0 heterocycles. The van der Waals surface area contributed by atoms with Crippen molar-refractivity contribution in [2.45, 2.75) is 12.8 Å². The molecular weight excluding hydrogens is 241 g/mol. The highest BCUT2D eigenvalue weighted by Gasteiger charge is 2.50. The van der Waals surface area contributed by atoms with Crippen molar-refractivity contribution >= 4 is 11.9 Å². The second-order valence-corrected chi connectivity index (χ2v) is 4.43. The summed E-state index contributed by atoms with van der Waals surface area (Å²) in [5.41, 5.74) is -1.10. The number of hydrogen-bond acceptors (Lipinski definition) is 3. The molecule has 0 saturated heterocycles. The topological polar surface area (TPSA) is 86.6 Å². The third-order valence-electron chi connectivity index (χ3n) is 3.09. The number of hydrogen-bond donors (Lipinski definition) is 3. The third-order valence-corrected chi connectivity index (χ3v) is 3.09. The quantitative estimate of drug-likeness (QED) is 0.750. The summed E-state index contributed by atoms with van der Waals surface area (Å²) in [6, 6.07) is 3.18. The van der Waals surface area contributed by atoms with Crippen molar-refractivity contribution in [1.29, 1.82) is 0 Å². The predicted molar refractivity (Wildman–Crippen MR) is 59.7 cm³/mol. The van der Waals surface area contributed by atoms with Crippen LogP contribution in [-0.2, 0) is 4.79 Å². The van der Waals surface area contributed by atoms with Gasteiger partial charge in [0, 0.05) is 12.6 Å². The van der Waals surface area contributed by atoms with Crippen molar-refractivity contribution in [1.82, 2.24) is 5.32 Å². The van der Waals surface area contributed by atoms with Gasteiger partial charge in [-0.3, -0.25) is 9.59 Å². The molecule has 1 amide bonds. The Bertz CT molecular complexity index is 511. The lowest BCUT2D eigenvalue weighted by Gasteiger charge is -2.11. The van der Waals surface area contributed by atoms with Crippen molar-refractivity contribution < 1.29 is 24.2 Å². The fourth-order valence-corrected chi connectivity index (χ4v) is 1.65. The zero-order chi connectivity index (χ0) is 13.3. The van der Waals surface area contributed by atoms with E-state index in [0.29, 0.717) is 12.8 Å². The summed E-state index contributed by atoms with van der Waals surface area (Å²) >= 11 is 0. The van der Waals surface area contributed by atoms with Gasteiger partial charge in [-0.05, 0) is 25.0 Å². The molecule has 0 atom stereocenters. The van der Waals surface area contributed by atoms with E-state index in [1.165, 1.54) is 6.07 Å². The van der Waals surface area contributed by atoms with Gasteiger partial charge in [-0.1, -0.05) is 0 Å². The lowest BCUT2D eigenvalue weighted by atomic mass is 10.1. The second-order valence-electron chi connectivity index (χ2n) is 4.43. The van der Waals surface area contributed by atoms with Gasteiger partial charge >= 0.3 is 5.97 Å². The van der Waals surface area contributed by atoms with Gasteiger partial charge in [-0.25, -0.2) is 4.39 Å². The number of benzene rings is 1. The molecule has 0 spiro atoms. The van der Waals surface area contributed by atoms with Gasteiger partial charge in [-0.15, -0.1) is 0 Å². The van der Waals surface area contributed by atoms with Gasteiger partial charge in [-0.2, -0.15) is 0 Å². The van der Waals surface area contributed by atoms with Crippen molar-refractivity contribution in [3.8, 4) is 5.75 Å². The van der Waals surface area contributed by atoms with E-state index in [4.69, 9.17) is 10.2 Å². The van der Waals surface area contributed by atoms with E-state index in [1.54, 1.807) is 0 Å². The highest BCUT2D eigenvalue weighted by molar-refractivity contribution is 5.95. The maximum atomic E-state index is 13.4. The fraction of sp³-hybridized carbons (Fsp3) is 0.333. The molecule has 1 aromatic rings. The molecule has 1 saturated carbocycles. The summed E-state index contributed by atoms with van der Waals surface area (Å²) in [6.07, 6.45) is 1.03. The van der Waals surface area contributed by atoms with Gasteiger partial charge in [0.2, 0.25) is 0 Å². The van der Waals surface area contributed by atoms with Crippen LogP contribution in [0.15, 0.2) is 18.2 Å². The third kappa shape index (κ3) is 2.27. The Morgan fingerprint density at radius 3 is 2.56 bits per heavy atom. The molecule has 0 bridgehead atoms. The van der Waals surface area contributed by atoms with Crippen LogP contribution in [0.25, 0.3) is 0 Å². The first-order valence-electron chi connectivity index (χ1n) is 5.45. The lowest BCUT2D eigenvalue weighted by molar-refractivity contribution is -0.143. The summed E-state index contributed by atoms with van der Waals surface area (Å²) in [4.78, 5) is 22.5. The van der Waals surface area contributed by atoms with E-state index in [1.807, 2.05) is 0 Å². The van der Waals surface area contributed by atoms with Crippen LogP contribution in [0.3, 0.4) is 0 Å². The first-order chi connectivity index (χ1) is 8.44. The molecule has 0 unspecified atom stereocenters. The molecule has 5 nitrogen and oxygen atoms in total. The second kappa shape index (κ2) is 4.29. The summed E-state index contributed by atoms with van der Waals surface area (Å²) in [5, 5.41) is 20.3. The number of aliphatic carboxylic acids is 1. The van der Waals surface area contributed by atoms with Crippen LogP contribution in [0.1, 0.15) is 23.2 Å². The number of aromatic hydroxyl groups is 1. The molecule has 18 heavy (non-hydrogen) atoms. The average Bonchev–Trinajstić information content (AvgIpc) is 3.07. The number of carboxylic acid groups (broad SMARTS) is 1. The molecule has 0 aromatic heterocycles. The Kier molecular flexibility index (Phi) is 2.94. The van der Waals surface area contributed by atoms with Crippen LogP contribution in [0.2, 0.25) is 0 Å². The first-order valence-corrected chi connectivity index (χ1v) is 5.45. The molecule has 96 valence electrons. The standard InChI is InChI=1S/C12H12FNO4/c13-9-5-7(15)1-2-8(9)10(16)14-6-12(3-4-12)11(17)18/h1-2,5,15H,3-4,6H2,(H,14,16)(H,17,18). The highest BCUT2D eigenvalue weighted by Crippen LogP contribution is 2.45. The lowest BCUT2D eigenvalue weighted by Crippen LogP contribution is -2.34. The van der Waals surface area contributed by atoms with Crippen LogP contribution in [0.5, 0.6) is 5.75 Å². The van der Waals surface area contributed by atoms with Gasteiger partial charge in [0.05, 0.1) is 11.0 Å². The number of phenolic OH excluding ortho intramolecular Hbond substituents is 1. The van der Waals surface area contributed by atoms with Crippen LogP contribution in [0.4, 0.5) is 4.39 Å². The predicted octanol–water partition coefficient (Wildman–Crippen LogP) is 1.13. The minimum Gasteiger partial charge on any atom is -0.508 e. The summed E-state index contributed by atoms with van der Waals surface area (Å²) < 4.78 is 13.4. The molecule has 1 aromatic carbocycles. The smallest absolute Gasteiger partial charge is 0.311 e. The average molecular weight is 253 g/mol. The summed E-state index contributed by atoms with van der Waals surface area (Å²) in [5.74, 6) is -2.74. The molecule has 0 aliphatic heterocycles. The molecule has 6 heteroatoms. The molecule has 3 N–H and O–H groups in total. The Morgan fingerprint density at radius 2 is 2.06 bits per heavy atom. The van der Waals surface area contributed by atoms with Crippen LogP contribution < -0.4 is 5.32 Å². The largest absolute Gasteiger partial charge is 0.508 e. The minimum atomic E-state index is -0.950. The van der Waals surface area contributed by atoms with Crippen molar-refractivity contribution in [3.05, 3.63) is 29.6 Å². The fourth-order valence-electron chi connectivity index (χ4n) is 1.65. The Hall–Kier alpha value is -2.11. The number of carboxylic acids is 1. The van der Waals surface area contributed by atoms with Gasteiger partial charge < -0.3 is 15.5 Å².